The number of carbonyl (C=O) groups is 1. The Balaban J connectivity index is 2.27. The maximum atomic E-state index is 12.1. The van der Waals surface area contributed by atoms with Crippen LogP contribution >= 0.6 is 23.1 Å². The fourth-order valence-electron chi connectivity index (χ4n) is 1.73. The Morgan fingerprint density at radius 1 is 1.57 bits per heavy atom. The minimum Gasteiger partial charge on any atom is -0.348 e. The summed E-state index contributed by atoms with van der Waals surface area (Å²) in [5.41, 5.74) is 6.44. The largest absolute Gasteiger partial charge is 0.348 e. The number of aromatic nitrogens is 1. The van der Waals surface area contributed by atoms with E-state index in [1.165, 1.54) is 29.2 Å². The van der Waals surface area contributed by atoms with Gasteiger partial charge in [-0.15, -0.1) is 11.3 Å². The van der Waals surface area contributed by atoms with Gasteiger partial charge in [-0.1, -0.05) is 11.8 Å². The first-order valence-corrected chi connectivity index (χ1v) is 8.49. The average Bonchev–Trinajstić information content (AvgIpc) is 2.92. The number of carbonyl (C=O) groups excluding carboxylic acids is 1. The molecule has 1 amide bonds. The normalized spacial score (nSPS) is 12.0. The Bertz CT molecular complexity index is 733. The number of rotatable bonds is 6. The first-order chi connectivity index (χ1) is 10.9. The SMILES string of the molecule is Cc1csc(Sc2ccc(C(=O)N[C@@H](C)CN)cc2[N+](=O)[O-])n1. The van der Waals surface area contributed by atoms with Gasteiger partial charge in [0.1, 0.15) is 0 Å². The van der Waals surface area contributed by atoms with Crippen molar-refractivity contribution in [2.24, 2.45) is 5.73 Å². The molecule has 1 atom stereocenters. The van der Waals surface area contributed by atoms with E-state index in [0.29, 0.717) is 11.4 Å². The molecule has 7 nitrogen and oxygen atoms in total. The van der Waals surface area contributed by atoms with Crippen molar-refractivity contribution in [2.75, 3.05) is 6.54 Å². The third-order valence-corrected chi connectivity index (χ3v) is 5.07. The summed E-state index contributed by atoms with van der Waals surface area (Å²) in [5, 5.41) is 15.9. The highest BCUT2D eigenvalue weighted by molar-refractivity contribution is 8.01. The number of nitrogens with two attached hydrogens (primary N) is 1. The van der Waals surface area contributed by atoms with E-state index in [1.54, 1.807) is 19.1 Å². The van der Waals surface area contributed by atoms with E-state index >= 15 is 0 Å². The van der Waals surface area contributed by atoms with E-state index in [2.05, 4.69) is 10.3 Å². The van der Waals surface area contributed by atoms with Crippen LogP contribution in [0, 0.1) is 17.0 Å². The fraction of sp³-hybridized carbons (Fsp3) is 0.286. The molecular formula is C14H16N4O3S2. The van der Waals surface area contributed by atoms with E-state index in [1.807, 2.05) is 12.3 Å². The van der Waals surface area contributed by atoms with E-state index in [4.69, 9.17) is 5.73 Å². The van der Waals surface area contributed by atoms with Crippen molar-refractivity contribution in [3.63, 3.8) is 0 Å². The molecule has 1 aromatic heterocycles. The van der Waals surface area contributed by atoms with Gasteiger partial charge in [0, 0.05) is 35.3 Å². The summed E-state index contributed by atoms with van der Waals surface area (Å²) < 4.78 is 0.722. The summed E-state index contributed by atoms with van der Waals surface area (Å²) in [6.07, 6.45) is 0. The zero-order chi connectivity index (χ0) is 17.0. The first-order valence-electron chi connectivity index (χ1n) is 6.80. The van der Waals surface area contributed by atoms with Crippen LogP contribution in [0.2, 0.25) is 0 Å². The lowest BCUT2D eigenvalue weighted by Gasteiger charge is -2.11. The number of nitro benzene ring substituents is 1. The average molecular weight is 352 g/mol. The smallest absolute Gasteiger partial charge is 0.284 e. The van der Waals surface area contributed by atoms with Crippen LogP contribution in [0.1, 0.15) is 23.0 Å². The molecule has 0 saturated heterocycles. The predicted molar refractivity (Wildman–Crippen MR) is 90.1 cm³/mol. The van der Waals surface area contributed by atoms with Crippen molar-refractivity contribution in [1.82, 2.24) is 10.3 Å². The van der Waals surface area contributed by atoms with Crippen molar-refractivity contribution in [3.8, 4) is 0 Å². The van der Waals surface area contributed by atoms with Crippen LogP contribution < -0.4 is 11.1 Å². The monoisotopic (exact) mass is 352 g/mol. The van der Waals surface area contributed by atoms with Crippen molar-refractivity contribution in [1.29, 1.82) is 0 Å². The maximum absolute atomic E-state index is 12.1. The van der Waals surface area contributed by atoms with Gasteiger partial charge >= 0.3 is 0 Å². The minimum absolute atomic E-state index is 0.115. The molecule has 23 heavy (non-hydrogen) atoms. The van der Waals surface area contributed by atoms with Gasteiger partial charge in [0.05, 0.1) is 9.82 Å². The molecule has 0 aliphatic heterocycles. The number of hydrogen-bond acceptors (Lipinski definition) is 7. The molecule has 122 valence electrons. The lowest BCUT2D eigenvalue weighted by atomic mass is 10.1. The molecule has 1 heterocycles. The van der Waals surface area contributed by atoms with Crippen LogP contribution in [0.25, 0.3) is 0 Å². The predicted octanol–water partition coefficient (Wildman–Crippen LogP) is 2.59. The molecule has 0 saturated carbocycles. The summed E-state index contributed by atoms with van der Waals surface area (Å²) in [4.78, 5) is 27.6. The topological polar surface area (TPSA) is 111 Å². The first kappa shape index (κ1) is 17.4. The highest BCUT2D eigenvalue weighted by atomic mass is 32.2. The molecule has 0 radical (unpaired) electrons. The Hall–Kier alpha value is -1.97. The van der Waals surface area contributed by atoms with Gasteiger partial charge in [0.2, 0.25) is 0 Å². The molecular weight excluding hydrogens is 336 g/mol. The summed E-state index contributed by atoms with van der Waals surface area (Å²) >= 11 is 2.64. The van der Waals surface area contributed by atoms with Gasteiger partial charge in [-0.25, -0.2) is 4.98 Å². The number of nitrogens with one attached hydrogen (secondary N) is 1. The van der Waals surface area contributed by atoms with Crippen molar-refractivity contribution < 1.29 is 9.72 Å². The zero-order valence-electron chi connectivity index (χ0n) is 12.6. The van der Waals surface area contributed by atoms with E-state index < -0.39 is 4.92 Å². The molecule has 2 rings (SSSR count). The molecule has 0 bridgehead atoms. The Morgan fingerprint density at radius 2 is 2.30 bits per heavy atom. The third kappa shape index (κ3) is 4.50. The van der Waals surface area contributed by atoms with Crippen LogP contribution in [0.5, 0.6) is 0 Å². The lowest BCUT2D eigenvalue weighted by molar-refractivity contribution is -0.387. The molecule has 9 heteroatoms. The zero-order valence-corrected chi connectivity index (χ0v) is 14.2. The number of aryl methyl sites for hydroxylation is 1. The van der Waals surface area contributed by atoms with E-state index in [9.17, 15) is 14.9 Å². The Kier molecular flexibility index (Phi) is 5.69. The number of amides is 1. The quantitative estimate of drug-likeness (QED) is 0.610. The molecule has 2 aromatic rings. The van der Waals surface area contributed by atoms with Crippen LogP contribution in [-0.2, 0) is 0 Å². The van der Waals surface area contributed by atoms with Crippen molar-refractivity contribution >= 4 is 34.7 Å². The summed E-state index contributed by atoms with van der Waals surface area (Å²) in [7, 11) is 0. The van der Waals surface area contributed by atoms with Crippen LogP contribution in [0.4, 0.5) is 5.69 Å². The molecule has 0 aliphatic rings. The molecule has 1 aromatic carbocycles. The van der Waals surface area contributed by atoms with Crippen LogP contribution in [0.15, 0.2) is 32.8 Å². The van der Waals surface area contributed by atoms with E-state index in [0.717, 1.165) is 10.0 Å². The summed E-state index contributed by atoms with van der Waals surface area (Å²) in [6.45, 7) is 3.92. The molecule has 0 fully saturated rings. The molecule has 3 N–H and O–H groups in total. The van der Waals surface area contributed by atoms with Crippen molar-refractivity contribution in [3.05, 3.63) is 45.0 Å². The summed E-state index contributed by atoms with van der Waals surface area (Å²) in [6, 6.07) is 4.21. The Morgan fingerprint density at radius 3 is 2.87 bits per heavy atom. The molecule has 0 spiro atoms. The minimum atomic E-state index is -0.494. The molecule has 0 aliphatic carbocycles. The van der Waals surface area contributed by atoms with Gasteiger partial charge in [0.25, 0.3) is 11.6 Å². The van der Waals surface area contributed by atoms with Crippen LogP contribution in [-0.4, -0.2) is 28.4 Å². The Labute approximate surface area is 141 Å². The third-order valence-electron chi connectivity index (χ3n) is 2.94. The number of nitrogens with zero attached hydrogens (tertiary/aromatic N) is 2. The maximum Gasteiger partial charge on any atom is 0.284 e. The second-order valence-electron chi connectivity index (χ2n) is 4.91. The van der Waals surface area contributed by atoms with Gasteiger partial charge in [-0.3, -0.25) is 14.9 Å². The van der Waals surface area contributed by atoms with E-state index in [-0.39, 0.29) is 23.2 Å². The van der Waals surface area contributed by atoms with Crippen LogP contribution in [0.3, 0.4) is 0 Å². The lowest BCUT2D eigenvalue weighted by Crippen LogP contribution is -2.37. The number of nitro groups is 1. The number of hydrogen-bond donors (Lipinski definition) is 2. The number of benzene rings is 1. The highest BCUT2D eigenvalue weighted by Crippen LogP contribution is 2.36. The van der Waals surface area contributed by atoms with Gasteiger partial charge in [-0.05, 0) is 26.0 Å². The highest BCUT2D eigenvalue weighted by Gasteiger charge is 2.20. The van der Waals surface area contributed by atoms with Gasteiger partial charge in [0.15, 0.2) is 4.34 Å². The second kappa shape index (κ2) is 7.53. The van der Waals surface area contributed by atoms with Gasteiger partial charge < -0.3 is 11.1 Å². The number of thiazole rings is 1. The fourth-order valence-corrected chi connectivity index (χ4v) is 3.61. The standard InChI is InChI=1S/C14H16N4O3S2/c1-8(6-15)16-13(19)10-3-4-12(11(5-10)18(20)21)23-14-17-9(2)7-22-14/h3-5,7-8H,6,15H2,1-2H3,(H,16,19)/t8-/m0/s1. The molecule has 0 unspecified atom stereocenters. The second-order valence-corrected chi connectivity index (χ2v) is 7.05. The van der Waals surface area contributed by atoms with Gasteiger partial charge in [-0.2, -0.15) is 0 Å². The summed E-state index contributed by atoms with van der Waals surface area (Å²) in [5.74, 6) is -0.382. The van der Waals surface area contributed by atoms with Crippen molar-refractivity contribution in [2.45, 2.75) is 29.1 Å².